The first kappa shape index (κ1) is 19.4. The van der Waals surface area contributed by atoms with E-state index < -0.39 is 17.7 Å². The Labute approximate surface area is 177 Å². The summed E-state index contributed by atoms with van der Waals surface area (Å²) in [5.41, 5.74) is 3.24. The summed E-state index contributed by atoms with van der Waals surface area (Å²) in [5.74, 6) is -1.54. The minimum absolute atomic E-state index is 0.0932. The molecule has 1 fully saturated rings. The molecule has 1 saturated heterocycles. The molecule has 0 saturated carbocycles. The first-order chi connectivity index (χ1) is 13.9. The predicted molar refractivity (Wildman–Crippen MR) is 116 cm³/mol. The molecule has 1 aliphatic heterocycles. The normalized spacial score (nSPS) is 18.4. The van der Waals surface area contributed by atoms with E-state index >= 15 is 0 Å². The highest BCUT2D eigenvalue weighted by Gasteiger charge is 2.47. The number of halogens is 1. The highest BCUT2D eigenvalue weighted by molar-refractivity contribution is 7.10. The first-order valence-corrected chi connectivity index (χ1v) is 10.3. The number of benzene rings is 2. The molecule has 1 amide bonds. The van der Waals surface area contributed by atoms with Gasteiger partial charge in [-0.3, -0.25) is 14.5 Å². The minimum atomic E-state index is -0.700. The van der Waals surface area contributed by atoms with Gasteiger partial charge >= 0.3 is 0 Å². The summed E-state index contributed by atoms with van der Waals surface area (Å²) in [4.78, 5) is 28.2. The molecule has 2 heterocycles. The summed E-state index contributed by atoms with van der Waals surface area (Å²) in [6.45, 7) is 3.92. The fourth-order valence-electron chi connectivity index (χ4n) is 3.46. The Bertz CT molecular complexity index is 1130. The molecule has 1 N–H and O–H groups in total. The van der Waals surface area contributed by atoms with Crippen LogP contribution in [0.2, 0.25) is 5.02 Å². The Balaban J connectivity index is 1.92. The van der Waals surface area contributed by atoms with Crippen LogP contribution in [0.25, 0.3) is 5.76 Å². The van der Waals surface area contributed by atoms with Gasteiger partial charge in [-0.1, -0.05) is 29.8 Å². The van der Waals surface area contributed by atoms with Gasteiger partial charge in [0, 0.05) is 21.2 Å². The molecule has 0 aliphatic carbocycles. The van der Waals surface area contributed by atoms with Gasteiger partial charge in [-0.15, -0.1) is 11.3 Å². The van der Waals surface area contributed by atoms with Crippen LogP contribution in [0, 0.1) is 13.8 Å². The van der Waals surface area contributed by atoms with E-state index in [1.807, 2.05) is 43.5 Å². The number of carbonyl (C=O) groups is 2. The number of thiophene rings is 1. The summed E-state index contributed by atoms with van der Waals surface area (Å²) in [5, 5.41) is 13.5. The third-order valence-electron chi connectivity index (χ3n) is 5.14. The molecule has 1 aliphatic rings. The number of hydrogen-bond donors (Lipinski definition) is 1. The minimum Gasteiger partial charge on any atom is -0.507 e. The van der Waals surface area contributed by atoms with E-state index in [9.17, 15) is 14.7 Å². The fourth-order valence-corrected chi connectivity index (χ4v) is 4.41. The standard InChI is InChI=1S/C23H18ClNO3S/c1-13-5-6-15(12-14(13)2)21(26)19-20(18-4-3-11-29-18)25(23(28)22(19)27)17-9-7-16(24)8-10-17/h3-12,20,26H,1-2H3/b21-19-. The van der Waals surface area contributed by atoms with Crippen molar-refractivity contribution in [3.05, 3.63) is 92.1 Å². The number of rotatable bonds is 3. The second kappa shape index (κ2) is 7.50. The number of aryl methyl sites for hydroxylation is 2. The lowest BCUT2D eigenvalue weighted by Crippen LogP contribution is -2.29. The molecular formula is C23H18ClNO3S. The Morgan fingerprint density at radius 1 is 1.03 bits per heavy atom. The Morgan fingerprint density at radius 2 is 1.76 bits per heavy atom. The van der Waals surface area contributed by atoms with Gasteiger partial charge in [0.05, 0.1) is 5.57 Å². The third-order valence-corrected chi connectivity index (χ3v) is 6.32. The van der Waals surface area contributed by atoms with Gasteiger partial charge in [-0.2, -0.15) is 0 Å². The average Bonchev–Trinajstić information content (AvgIpc) is 3.32. The SMILES string of the molecule is Cc1ccc(/C(O)=C2/C(=O)C(=O)N(c3ccc(Cl)cc3)C2c2cccs2)cc1C. The van der Waals surface area contributed by atoms with Gasteiger partial charge in [0.15, 0.2) is 0 Å². The number of anilines is 1. The van der Waals surface area contributed by atoms with Gasteiger partial charge in [-0.05, 0) is 66.8 Å². The van der Waals surface area contributed by atoms with Gasteiger partial charge in [0.25, 0.3) is 11.7 Å². The molecule has 3 aromatic rings. The van der Waals surface area contributed by atoms with Crippen molar-refractivity contribution in [2.45, 2.75) is 19.9 Å². The van der Waals surface area contributed by atoms with Crippen LogP contribution < -0.4 is 4.90 Å². The average molecular weight is 424 g/mol. The fraction of sp³-hybridized carbons (Fsp3) is 0.130. The van der Waals surface area contributed by atoms with E-state index in [0.717, 1.165) is 16.0 Å². The van der Waals surface area contributed by atoms with Crippen LogP contribution in [0.5, 0.6) is 0 Å². The van der Waals surface area contributed by atoms with Crippen LogP contribution in [-0.4, -0.2) is 16.8 Å². The molecule has 1 atom stereocenters. The lowest BCUT2D eigenvalue weighted by molar-refractivity contribution is -0.132. The predicted octanol–water partition coefficient (Wildman–Crippen LogP) is 5.64. The van der Waals surface area contributed by atoms with E-state index in [4.69, 9.17) is 11.6 Å². The summed E-state index contributed by atoms with van der Waals surface area (Å²) in [7, 11) is 0. The number of nitrogens with zero attached hydrogens (tertiary/aromatic N) is 1. The molecule has 146 valence electrons. The second-order valence-electron chi connectivity index (χ2n) is 6.96. The zero-order chi connectivity index (χ0) is 20.7. The lowest BCUT2D eigenvalue weighted by atomic mass is 9.97. The zero-order valence-electron chi connectivity index (χ0n) is 15.8. The van der Waals surface area contributed by atoms with Crippen LogP contribution in [-0.2, 0) is 9.59 Å². The third kappa shape index (κ3) is 3.37. The molecule has 1 aromatic heterocycles. The van der Waals surface area contributed by atoms with Crippen molar-refractivity contribution < 1.29 is 14.7 Å². The van der Waals surface area contributed by atoms with Crippen LogP contribution in [0.1, 0.15) is 27.6 Å². The van der Waals surface area contributed by atoms with Gasteiger partial charge in [-0.25, -0.2) is 0 Å². The quantitative estimate of drug-likeness (QED) is 0.336. The molecule has 4 rings (SSSR count). The molecular weight excluding hydrogens is 406 g/mol. The van der Waals surface area contributed by atoms with Crippen molar-refractivity contribution in [2.24, 2.45) is 0 Å². The molecule has 4 nitrogen and oxygen atoms in total. The number of ketones is 1. The number of hydrogen-bond acceptors (Lipinski definition) is 4. The number of aliphatic hydroxyl groups is 1. The van der Waals surface area contributed by atoms with Crippen molar-refractivity contribution in [2.75, 3.05) is 4.90 Å². The first-order valence-electron chi connectivity index (χ1n) is 9.06. The maximum atomic E-state index is 13.0. The molecule has 29 heavy (non-hydrogen) atoms. The van der Waals surface area contributed by atoms with Crippen molar-refractivity contribution in [1.29, 1.82) is 0 Å². The van der Waals surface area contributed by atoms with E-state index in [1.54, 1.807) is 30.3 Å². The molecule has 0 spiro atoms. The Morgan fingerprint density at radius 3 is 2.38 bits per heavy atom. The van der Waals surface area contributed by atoms with Crippen molar-refractivity contribution >= 4 is 46.1 Å². The smallest absolute Gasteiger partial charge is 0.300 e. The number of carbonyl (C=O) groups excluding carboxylic acids is 2. The van der Waals surface area contributed by atoms with E-state index in [1.165, 1.54) is 16.2 Å². The molecule has 6 heteroatoms. The maximum absolute atomic E-state index is 13.0. The Kier molecular flexibility index (Phi) is 5.03. The number of Topliss-reactive ketones (excluding diaryl/α,β-unsaturated/α-hetero) is 1. The lowest BCUT2D eigenvalue weighted by Gasteiger charge is -2.24. The molecule has 0 bridgehead atoms. The highest BCUT2D eigenvalue weighted by Crippen LogP contribution is 2.43. The van der Waals surface area contributed by atoms with Crippen molar-refractivity contribution in [1.82, 2.24) is 0 Å². The molecule has 1 unspecified atom stereocenters. The Hall–Kier alpha value is -2.89. The molecule has 0 radical (unpaired) electrons. The second-order valence-corrected chi connectivity index (χ2v) is 8.38. The highest BCUT2D eigenvalue weighted by atomic mass is 35.5. The largest absolute Gasteiger partial charge is 0.507 e. The van der Waals surface area contributed by atoms with Crippen molar-refractivity contribution in [3.8, 4) is 0 Å². The summed E-state index contributed by atoms with van der Waals surface area (Å²) >= 11 is 7.42. The monoisotopic (exact) mass is 423 g/mol. The van der Waals surface area contributed by atoms with Crippen LogP contribution in [0.3, 0.4) is 0 Å². The maximum Gasteiger partial charge on any atom is 0.300 e. The number of amides is 1. The van der Waals surface area contributed by atoms with Gasteiger partial charge in [0.2, 0.25) is 0 Å². The van der Waals surface area contributed by atoms with Crippen LogP contribution in [0.4, 0.5) is 5.69 Å². The van der Waals surface area contributed by atoms with E-state index in [2.05, 4.69) is 0 Å². The topological polar surface area (TPSA) is 57.6 Å². The van der Waals surface area contributed by atoms with E-state index in [-0.39, 0.29) is 11.3 Å². The summed E-state index contributed by atoms with van der Waals surface area (Å²) < 4.78 is 0. The number of aliphatic hydroxyl groups excluding tert-OH is 1. The molecule has 2 aromatic carbocycles. The van der Waals surface area contributed by atoms with E-state index in [0.29, 0.717) is 16.3 Å². The van der Waals surface area contributed by atoms with Crippen LogP contribution >= 0.6 is 22.9 Å². The van der Waals surface area contributed by atoms with Gasteiger partial charge in [0.1, 0.15) is 11.8 Å². The van der Waals surface area contributed by atoms with Crippen LogP contribution in [0.15, 0.2) is 65.6 Å². The van der Waals surface area contributed by atoms with Crippen molar-refractivity contribution in [3.63, 3.8) is 0 Å². The van der Waals surface area contributed by atoms with Gasteiger partial charge < -0.3 is 5.11 Å². The summed E-state index contributed by atoms with van der Waals surface area (Å²) in [6, 6.07) is 15.2. The zero-order valence-corrected chi connectivity index (χ0v) is 17.4. The summed E-state index contributed by atoms with van der Waals surface area (Å²) in [6.07, 6.45) is 0.